The number of aryl methyl sites for hydroxylation is 1. The van der Waals surface area contributed by atoms with Gasteiger partial charge in [0.15, 0.2) is 0 Å². The number of benzene rings is 1. The number of imide groups is 1. The number of hydrogen-bond acceptors (Lipinski definition) is 4. The van der Waals surface area contributed by atoms with E-state index < -0.39 is 5.54 Å². The summed E-state index contributed by atoms with van der Waals surface area (Å²) in [6, 6.07) is 13.6. The second-order valence-corrected chi connectivity index (χ2v) is 7.66. The smallest absolute Gasteiger partial charge is 0.323 e. The maximum absolute atomic E-state index is 13.6. The van der Waals surface area contributed by atoms with Crippen LogP contribution in [0.4, 0.5) is 4.79 Å². The summed E-state index contributed by atoms with van der Waals surface area (Å²) in [6.45, 7) is 2.04. The van der Waals surface area contributed by atoms with E-state index in [2.05, 4.69) is 27.8 Å². The van der Waals surface area contributed by atoms with E-state index in [1.165, 1.54) is 10.5 Å². The fraction of sp³-hybridized carbons (Fsp3) is 0.409. The van der Waals surface area contributed by atoms with Crippen LogP contribution >= 0.6 is 0 Å². The molecule has 3 amide bonds. The highest BCUT2D eigenvalue weighted by atomic mass is 16.2. The summed E-state index contributed by atoms with van der Waals surface area (Å²) in [4.78, 5) is 31.8. The predicted molar refractivity (Wildman–Crippen MR) is 106 cm³/mol. The summed E-state index contributed by atoms with van der Waals surface area (Å²) in [6.07, 6.45) is 6.54. The quantitative estimate of drug-likeness (QED) is 0.758. The summed E-state index contributed by atoms with van der Waals surface area (Å²) in [5, 5.41) is 6.48. The number of nitrogens with one attached hydrogen (secondary N) is 2. The Kier molecular flexibility index (Phi) is 5.39. The van der Waals surface area contributed by atoms with E-state index in [0.29, 0.717) is 6.42 Å². The number of hydrogen-bond donors (Lipinski definition) is 2. The van der Waals surface area contributed by atoms with Gasteiger partial charge in [-0.1, -0.05) is 30.3 Å². The Balaban J connectivity index is 1.59. The average Bonchev–Trinajstić information content (AvgIpc) is 2.99. The summed E-state index contributed by atoms with van der Waals surface area (Å²) >= 11 is 0. The van der Waals surface area contributed by atoms with Crippen molar-refractivity contribution in [3.63, 3.8) is 0 Å². The zero-order valence-corrected chi connectivity index (χ0v) is 15.9. The predicted octanol–water partition coefficient (Wildman–Crippen LogP) is 2.50. The lowest BCUT2D eigenvalue weighted by atomic mass is 9.74. The highest BCUT2D eigenvalue weighted by Crippen LogP contribution is 2.36. The largest absolute Gasteiger partial charge is 0.325 e. The van der Waals surface area contributed by atoms with E-state index in [4.69, 9.17) is 0 Å². The number of aromatic nitrogens is 1. The monoisotopic (exact) mass is 378 g/mol. The van der Waals surface area contributed by atoms with Gasteiger partial charge in [0.1, 0.15) is 5.54 Å². The molecule has 1 atom stereocenters. The minimum atomic E-state index is -0.817. The number of amides is 3. The molecule has 6 heteroatoms. The van der Waals surface area contributed by atoms with Crippen molar-refractivity contribution in [2.45, 2.75) is 37.8 Å². The normalized spacial score (nSPS) is 23.1. The fourth-order valence-electron chi connectivity index (χ4n) is 4.41. The second-order valence-electron chi connectivity index (χ2n) is 7.66. The summed E-state index contributed by atoms with van der Waals surface area (Å²) in [5.74, 6) is 0.0634. The second kappa shape index (κ2) is 8.10. The molecule has 2 fully saturated rings. The van der Waals surface area contributed by atoms with E-state index in [9.17, 15) is 9.59 Å². The molecule has 2 saturated heterocycles. The highest BCUT2D eigenvalue weighted by molar-refractivity contribution is 6.07. The third kappa shape index (κ3) is 3.64. The molecule has 2 N–H and O–H groups in total. The van der Waals surface area contributed by atoms with Crippen LogP contribution in [0.3, 0.4) is 0 Å². The first-order valence-corrected chi connectivity index (χ1v) is 9.97. The molecule has 2 aromatic rings. The van der Waals surface area contributed by atoms with E-state index in [0.717, 1.165) is 37.9 Å². The lowest BCUT2D eigenvalue weighted by Gasteiger charge is -2.38. The molecule has 0 radical (unpaired) electrons. The molecule has 28 heavy (non-hydrogen) atoms. The molecule has 0 bridgehead atoms. The van der Waals surface area contributed by atoms with E-state index >= 15 is 0 Å². The van der Waals surface area contributed by atoms with Crippen LogP contribution in [0.5, 0.6) is 0 Å². The number of carbonyl (C=O) groups excluding carboxylic acids is 2. The molecule has 0 saturated carbocycles. The van der Waals surface area contributed by atoms with Gasteiger partial charge < -0.3 is 10.6 Å². The van der Waals surface area contributed by atoms with Gasteiger partial charge in [0.2, 0.25) is 0 Å². The van der Waals surface area contributed by atoms with Crippen LogP contribution in [0.25, 0.3) is 0 Å². The van der Waals surface area contributed by atoms with Crippen LogP contribution in [-0.4, -0.2) is 40.5 Å². The first-order valence-electron chi connectivity index (χ1n) is 9.97. The average molecular weight is 378 g/mol. The van der Waals surface area contributed by atoms with Crippen LogP contribution in [0.2, 0.25) is 0 Å². The van der Waals surface area contributed by atoms with E-state index in [1.807, 2.05) is 30.3 Å². The Hall–Kier alpha value is -2.73. The van der Waals surface area contributed by atoms with Gasteiger partial charge >= 0.3 is 6.03 Å². The minimum Gasteiger partial charge on any atom is -0.323 e. The maximum Gasteiger partial charge on any atom is 0.325 e. The Morgan fingerprint density at radius 2 is 1.71 bits per heavy atom. The van der Waals surface area contributed by atoms with Crippen molar-refractivity contribution in [1.29, 1.82) is 0 Å². The zero-order valence-electron chi connectivity index (χ0n) is 15.9. The number of urea groups is 1. The first kappa shape index (κ1) is 18.6. The van der Waals surface area contributed by atoms with Crippen molar-refractivity contribution in [1.82, 2.24) is 20.5 Å². The van der Waals surface area contributed by atoms with Crippen molar-refractivity contribution >= 4 is 11.9 Å². The van der Waals surface area contributed by atoms with Crippen molar-refractivity contribution in [2.75, 3.05) is 13.1 Å². The number of rotatable bonds is 6. The third-order valence-electron chi connectivity index (χ3n) is 5.98. The molecule has 0 aliphatic carbocycles. The van der Waals surface area contributed by atoms with Gasteiger partial charge in [-0.15, -0.1) is 0 Å². The van der Waals surface area contributed by atoms with Gasteiger partial charge in [-0.2, -0.15) is 0 Å². The molecule has 4 rings (SSSR count). The summed E-state index contributed by atoms with van der Waals surface area (Å²) in [7, 11) is 0. The molecule has 0 unspecified atom stereocenters. The van der Waals surface area contributed by atoms with Crippen LogP contribution < -0.4 is 10.6 Å². The van der Waals surface area contributed by atoms with Crippen molar-refractivity contribution in [3.8, 4) is 0 Å². The molecular formula is C22H26N4O2. The number of pyridine rings is 1. The Morgan fingerprint density at radius 3 is 2.43 bits per heavy atom. The van der Waals surface area contributed by atoms with Crippen molar-refractivity contribution in [3.05, 3.63) is 66.0 Å². The van der Waals surface area contributed by atoms with Crippen LogP contribution in [-0.2, 0) is 17.8 Å². The third-order valence-corrected chi connectivity index (χ3v) is 5.98. The first-order chi connectivity index (χ1) is 13.7. The fourth-order valence-corrected chi connectivity index (χ4v) is 4.41. The lowest BCUT2D eigenvalue weighted by Crippen LogP contribution is -2.56. The topological polar surface area (TPSA) is 74.3 Å². The van der Waals surface area contributed by atoms with Gasteiger partial charge in [-0.05, 0) is 68.0 Å². The summed E-state index contributed by atoms with van der Waals surface area (Å²) < 4.78 is 0. The Morgan fingerprint density at radius 1 is 1.00 bits per heavy atom. The molecule has 146 valence electrons. The SMILES string of the molecule is O=C1N[C@](CCc2ccccc2)(C2CCNCC2)C(=O)N1Cc1ccncc1. The van der Waals surface area contributed by atoms with Crippen LogP contribution in [0.1, 0.15) is 30.4 Å². The van der Waals surface area contributed by atoms with Gasteiger partial charge in [0, 0.05) is 12.4 Å². The Bertz CT molecular complexity index is 821. The Labute approximate surface area is 165 Å². The highest BCUT2D eigenvalue weighted by Gasteiger charge is 2.55. The lowest BCUT2D eigenvalue weighted by molar-refractivity contribution is -0.134. The van der Waals surface area contributed by atoms with E-state index in [1.54, 1.807) is 12.4 Å². The minimum absolute atomic E-state index is 0.0860. The molecule has 6 nitrogen and oxygen atoms in total. The molecular weight excluding hydrogens is 352 g/mol. The molecule has 0 spiro atoms. The van der Waals surface area contributed by atoms with Crippen LogP contribution in [0, 0.1) is 5.92 Å². The standard InChI is InChI=1S/C22H26N4O2/c27-20-22(19-9-14-24-15-10-19,11-6-17-4-2-1-3-5-17)25-21(28)26(20)16-18-7-12-23-13-8-18/h1-5,7-8,12-13,19,24H,6,9-11,14-16H2,(H,25,28)/t22-/m1/s1. The van der Waals surface area contributed by atoms with Crippen molar-refractivity contribution in [2.24, 2.45) is 5.92 Å². The molecule has 3 heterocycles. The maximum atomic E-state index is 13.6. The van der Waals surface area contributed by atoms with Gasteiger partial charge in [0.25, 0.3) is 5.91 Å². The van der Waals surface area contributed by atoms with Gasteiger partial charge in [-0.25, -0.2) is 4.79 Å². The van der Waals surface area contributed by atoms with Crippen molar-refractivity contribution < 1.29 is 9.59 Å². The molecule has 1 aromatic heterocycles. The number of piperidine rings is 1. The number of carbonyl (C=O) groups is 2. The van der Waals surface area contributed by atoms with Crippen LogP contribution in [0.15, 0.2) is 54.9 Å². The summed E-state index contributed by atoms with van der Waals surface area (Å²) in [5.41, 5.74) is 1.27. The van der Waals surface area contributed by atoms with Gasteiger partial charge in [-0.3, -0.25) is 14.7 Å². The van der Waals surface area contributed by atoms with E-state index in [-0.39, 0.29) is 24.4 Å². The molecule has 2 aliphatic heterocycles. The molecule has 1 aromatic carbocycles. The zero-order chi connectivity index (χ0) is 19.4. The molecule has 2 aliphatic rings. The number of nitrogens with zero attached hydrogens (tertiary/aromatic N) is 2. The van der Waals surface area contributed by atoms with Gasteiger partial charge in [0.05, 0.1) is 6.54 Å².